The lowest BCUT2D eigenvalue weighted by atomic mass is 9.93. The van der Waals surface area contributed by atoms with Crippen LogP contribution in [0.1, 0.15) is 18.9 Å². The van der Waals surface area contributed by atoms with Crippen molar-refractivity contribution in [3.63, 3.8) is 0 Å². The van der Waals surface area contributed by atoms with Crippen LogP contribution in [-0.2, 0) is 16.0 Å². The third-order valence-corrected chi connectivity index (χ3v) is 4.94. The molecule has 2 aliphatic rings. The summed E-state index contributed by atoms with van der Waals surface area (Å²) in [6.45, 7) is 1.77. The Bertz CT molecular complexity index is 958. The summed E-state index contributed by atoms with van der Waals surface area (Å²) in [5, 5.41) is 4.88. The van der Waals surface area contributed by atoms with Gasteiger partial charge < -0.3 is 19.5 Å². The van der Waals surface area contributed by atoms with Crippen LogP contribution in [0.3, 0.4) is 0 Å². The first kappa shape index (κ1) is 18.8. The Kier molecular flexibility index (Phi) is 4.84. The monoisotopic (exact) mass is 396 g/mol. The van der Waals surface area contributed by atoms with Crippen molar-refractivity contribution in [1.29, 1.82) is 0 Å². The molecule has 2 heterocycles. The highest BCUT2D eigenvalue weighted by atomic mass is 16.6. The summed E-state index contributed by atoms with van der Waals surface area (Å²) in [4.78, 5) is 35.5. The number of aryl methyl sites for hydroxylation is 1. The zero-order valence-electron chi connectivity index (χ0n) is 15.8. The molecule has 4 rings (SSSR count). The van der Waals surface area contributed by atoms with Crippen molar-refractivity contribution >= 4 is 17.9 Å². The quantitative estimate of drug-likeness (QED) is 0.455. The van der Waals surface area contributed by atoms with Crippen LogP contribution < -0.4 is 24.8 Å². The zero-order chi connectivity index (χ0) is 20.4. The number of ether oxygens (including phenoxy) is 3. The highest BCUT2D eigenvalue weighted by Crippen LogP contribution is 2.31. The maximum Gasteiger partial charge on any atom is 0.356 e. The molecule has 2 aromatic rings. The third kappa shape index (κ3) is 4.01. The summed E-state index contributed by atoms with van der Waals surface area (Å²) < 4.78 is 16.6. The molecule has 8 nitrogen and oxygen atoms in total. The van der Waals surface area contributed by atoms with Crippen LogP contribution in [0, 0.1) is 0 Å². The van der Waals surface area contributed by atoms with Gasteiger partial charge in [-0.05, 0) is 49.6 Å². The van der Waals surface area contributed by atoms with E-state index in [1.54, 1.807) is 37.3 Å². The van der Waals surface area contributed by atoms with E-state index >= 15 is 0 Å². The molecule has 0 unspecified atom stereocenters. The van der Waals surface area contributed by atoms with Gasteiger partial charge in [-0.2, -0.15) is 0 Å². The minimum atomic E-state index is -0.920. The van der Waals surface area contributed by atoms with Crippen molar-refractivity contribution < 1.29 is 28.6 Å². The van der Waals surface area contributed by atoms with Crippen LogP contribution in [0.5, 0.6) is 17.2 Å². The van der Waals surface area contributed by atoms with Gasteiger partial charge in [-0.15, -0.1) is 0 Å². The largest absolute Gasteiger partial charge is 0.485 e. The number of hydrogen-bond acceptors (Lipinski definition) is 6. The van der Waals surface area contributed by atoms with Gasteiger partial charge in [0.25, 0.3) is 5.91 Å². The van der Waals surface area contributed by atoms with Crippen LogP contribution in [0.25, 0.3) is 0 Å². The number of carbonyl (C=O) groups excluding carboxylic acids is 3. The fourth-order valence-electron chi connectivity index (χ4n) is 3.19. The smallest absolute Gasteiger partial charge is 0.356 e. The maximum absolute atomic E-state index is 12.4. The predicted molar refractivity (Wildman–Crippen MR) is 102 cm³/mol. The number of imide groups is 1. The van der Waals surface area contributed by atoms with Gasteiger partial charge in [-0.1, -0.05) is 24.3 Å². The van der Waals surface area contributed by atoms with E-state index in [1.807, 2.05) is 18.2 Å². The molecule has 29 heavy (non-hydrogen) atoms. The fourth-order valence-corrected chi connectivity index (χ4v) is 3.19. The molecule has 8 heteroatoms. The number of fused-ring (bicyclic) bond motifs is 1. The molecule has 1 saturated heterocycles. The number of esters is 1. The molecular weight excluding hydrogens is 376 g/mol. The summed E-state index contributed by atoms with van der Waals surface area (Å²) in [5.74, 6) is 0.628. The van der Waals surface area contributed by atoms with E-state index in [2.05, 4.69) is 10.6 Å². The van der Waals surface area contributed by atoms with Crippen molar-refractivity contribution in [2.75, 3.05) is 6.61 Å². The SMILES string of the molecule is C[C@@]1(CCc2ccc(OC(=O)[C@@H]3COc4ccccc4O3)cc2)NC(=O)NC1=O. The van der Waals surface area contributed by atoms with Gasteiger partial charge in [0.2, 0.25) is 6.10 Å². The normalized spacial score (nSPS) is 22.6. The summed E-state index contributed by atoms with van der Waals surface area (Å²) in [5.41, 5.74) is 0.0303. The van der Waals surface area contributed by atoms with Crippen molar-refractivity contribution in [2.24, 2.45) is 0 Å². The highest BCUT2D eigenvalue weighted by molar-refractivity contribution is 6.06. The van der Waals surface area contributed by atoms with Gasteiger partial charge >= 0.3 is 12.0 Å². The second-order valence-corrected chi connectivity index (χ2v) is 7.17. The van der Waals surface area contributed by atoms with E-state index in [0.29, 0.717) is 30.1 Å². The van der Waals surface area contributed by atoms with E-state index < -0.39 is 23.6 Å². The van der Waals surface area contributed by atoms with Crippen LogP contribution in [0.2, 0.25) is 0 Å². The summed E-state index contributed by atoms with van der Waals surface area (Å²) in [6, 6.07) is 13.7. The number of urea groups is 1. The highest BCUT2D eigenvalue weighted by Gasteiger charge is 2.41. The Morgan fingerprint density at radius 3 is 2.55 bits per heavy atom. The summed E-state index contributed by atoms with van der Waals surface area (Å²) in [7, 11) is 0. The molecule has 2 aromatic carbocycles. The molecule has 1 fully saturated rings. The fraction of sp³-hybridized carbons (Fsp3) is 0.286. The number of nitrogens with one attached hydrogen (secondary N) is 2. The van der Waals surface area contributed by atoms with Gasteiger partial charge in [0, 0.05) is 0 Å². The number of amides is 3. The van der Waals surface area contributed by atoms with E-state index in [-0.39, 0.29) is 12.5 Å². The summed E-state index contributed by atoms with van der Waals surface area (Å²) in [6.07, 6.45) is 0.194. The Morgan fingerprint density at radius 1 is 1.14 bits per heavy atom. The van der Waals surface area contributed by atoms with Crippen LogP contribution in [0.4, 0.5) is 4.79 Å². The molecule has 3 amide bonds. The minimum absolute atomic E-state index is 0.0836. The Balaban J connectivity index is 1.32. The Morgan fingerprint density at radius 2 is 1.86 bits per heavy atom. The molecule has 150 valence electrons. The van der Waals surface area contributed by atoms with Gasteiger partial charge in [-0.25, -0.2) is 9.59 Å². The molecule has 0 aromatic heterocycles. The minimum Gasteiger partial charge on any atom is -0.485 e. The first-order valence-electron chi connectivity index (χ1n) is 9.26. The first-order valence-corrected chi connectivity index (χ1v) is 9.26. The van der Waals surface area contributed by atoms with E-state index in [9.17, 15) is 14.4 Å². The number of hydrogen-bond donors (Lipinski definition) is 2. The Hall–Kier alpha value is -3.55. The molecule has 0 spiro atoms. The van der Waals surface area contributed by atoms with E-state index in [4.69, 9.17) is 14.2 Å². The number of carbonyl (C=O) groups is 3. The van der Waals surface area contributed by atoms with Crippen LogP contribution in [-0.4, -0.2) is 36.2 Å². The molecule has 2 atom stereocenters. The Labute approximate surface area is 167 Å². The number of para-hydroxylation sites is 2. The maximum atomic E-state index is 12.4. The zero-order valence-corrected chi connectivity index (χ0v) is 15.8. The van der Waals surface area contributed by atoms with Gasteiger partial charge in [0.1, 0.15) is 17.9 Å². The van der Waals surface area contributed by atoms with Crippen molar-refractivity contribution in [3.8, 4) is 17.2 Å². The van der Waals surface area contributed by atoms with Gasteiger partial charge in [0.05, 0.1) is 0 Å². The number of benzene rings is 2. The average Bonchev–Trinajstić information content (AvgIpc) is 2.98. The topological polar surface area (TPSA) is 103 Å². The summed E-state index contributed by atoms with van der Waals surface area (Å²) >= 11 is 0. The van der Waals surface area contributed by atoms with Crippen molar-refractivity contribution in [1.82, 2.24) is 10.6 Å². The predicted octanol–water partition coefficient (Wildman–Crippen LogP) is 1.96. The van der Waals surface area contributed by atoms with Crippen molar-refractivity contribution in [3.05, 3.63) is 54.1 Å². The molecular formula is C21H20N2O6. The van der Waals surface area contributed by atoms with Crippen LogP contribution in [0.15, 0.2) is 48.5 Å². The standard InChI is InChI=1S/C21H20N2O6/c1-21(19(25)22-20(26)23-21)11-10-13-6-8-14(9-7-13)28-18(24)17-12-27-15-4-2-3-5-16(15)29-17/h2-9,17H,10-12H2,1H3,(H2,22,23,25,26)/t17-,21-/m0/s1. The molecule has 0 aliphatic carbocycles. The lowest BCUT2D eigenvalue weighted by Crippen LogP contribution is -2.43. The van der Waals surface area contributed by atoms with Gasteiger partial charge in [-0.3, -0.25) is 10.1 Å². The first-order chi connectivity index (χ1) is 13.9. The lowest BCUT2D eigenvalue weighted by Gasteiger charge is -2.24. The van der Waals surface area contributed by atoms with E-state index in [1.165, 1.54) is 0 Å². The second kappa shape index (κ2) is 7.46. The van der Waals surface area contributed by atoms with Crippen LogP contribution >= 0.6 is 0 Å². The molecule has 0 radical (unpaired) electrons. The molecule has 2 aliphatic heterocycles. The van der Waals surface area contributed by atoms with E-state index in [0.717, 1.165) is 5.56 Å². The average molecular weight is 396 g/mol. The lowest BCUT2D eigenvalue weighted by molar-refractivity contribution is -0.144. The third-order valence-electron chi connectivity index (χ3n) is 4.94. The van der Waals surface area contributed by atoms with Crippen molar-refractivity contribution in [2.45, 2.75) is 31.4 Å². The number of rotatable bonds is 5. The molecule has 0 bridgehead atoms. The molecule has 2 N–H and O–H groups in total. The second-order valence-electron chi connectivity index (χ2n) is 7.17. The van der Waals surface area contributed by atoms with Gasteiger partial charge in [0.15, 0.2) is 11.5 Å². The molecule has 0 saturated carbocycles.